The molecule has 6 heteroatoms. The van der Waals surface area contributed by atoms with E-state index in [0.29, 0.717) is 17.3 Å². The van der Waals surface area contributed by atoms with E-state index in [1.165, 1.54) is 6.42 Å². The maximum absolute atomic E-state index is 12.0. The first-order valence-electron chi connectivity index (χ1n) is 10.3. The third kappa shape index (κ3) is 3.59. The fraction of sp³-hybridized carbons (Fsp3) is 0.333. The quantitative estimate of drug-likeness (QED) is 0.596. The number of nitriles is 1. The number of nitrogens with zero attached hydrogens (tertiary/aromatic N) is 2. The van der Waals surface area contributed by atoms with Gasteiger partial charge in [-0.15, -0.1) is 0 Å². The number of rotatable bonds is 5. The summed E-state index contributed by atoms with van der Waals surface area (Å²) in [4.78, 5) is 12.0. The van der Waals surface area contributed by atoms with Crippen molar-refractivity contribution in [3.05, 3.63) is 48.0 Å². The van der Waals surface area contributed by atoms with E-state index in [0.717, 1.165) is 40.8 Å². The number of hydrogen-bond donors (Lipinski definition) is 2. The summed E-state index contributed by atoms with van der Waals surface area (Å²) >= 11 is 0. The van der Waals surface area contributed by atoms with Gasteiger partial charge in [-0.05, 0) is 69.0 Å². The van der Waals surface area contributed by atoms with E-state index in [1.54, 1.807) is 7.11 Å². The van der Waals surface area contributed by atoms with Crippen LogP contribution in [0.15, 0.2) is 42.5 Å². The second-order valence-electron chi connectivity index (χ2n) is 8.00. The Labute approximate surface area is 176 Å². The number of nitrogens with one attached hydrogen (secondary N) is 2. The Morgan fingerprint density at radius 3 is 2.50 bits per heavy atom. The molecule has 30 heavy (non-hydrogen) atoms. The maximum atomic E-state index is 12.0. The number of methoxy groups -OCH3 is 1. The highest BCUT2D eigenvalue weighted by atomic mass is 16.5. The number of aromatic nitrogens is 1. The van der Waals surface area contributed by atoms with Crippen molar-refractivity contribution < 1.29 is 9.53 Å². The summed E-state index contributed by atoms with van der Waals surface area (Å²) in [5, 5.41) is 16.6. The number of ether oxygens (including phenoxy) is 1. The number of fused-ring (bicyclic) bond motifs is 1. The summed E-state index contributed by atoms with van der Waals surface area (Å²) in [6.45, 7) is 3.83. The highest BCUT2D eigenvalue weighted by molar-refractivity contribution is 5.96. The van der Waals surface area contributed by atoms with Crippen molar-refractivity contribution in [1.82, 2.24) is 9.88 Å². The fourth-order valence-electron chi connectivity index (χ4n) is 3.98. The zero-order valence-electron chi connectivity index (χ0n) is 17.5. The van der Waals surface area contributed by atoms with E-state index in [9.17, 15) is 10.1 Å². The van der Waals surface area contributed by atoms with Crippen molar-refractivity contribution in [2.75, 3.05) is 12.4 Å². The van der Waals surface area contributed by atoms with Gasteiger partial charge < -0.3 is 19.9 Å². The van der Waals surface area contributed by atoms with Crippen molar-refractivity contribution in [2.24, 2.45) is 0 Å². The predicted molar refractivity (Wildman–Crippen MR) is 119 cm³/mol. The molecule has 1 heterocycles. The summed E-state index contributed by atoms with van der Waals surface area (Å²) < 4.78 is 7.70. The molecule has 6 nitrogen and oxygen atoms in total. The van der Waals surface area contributed by atoms with E-state index in [-0.39, 0.29) is 12.1 Å². The van der Waals surface area contributed by atoms with Crippen LogP contribution in [-0.2, 0) is 0 Å². The molecule has 0 spiro atoms. The van der Waals surface area contributed by atoms with E-state index in [2.05, 4.69) is 21.3 Å². The summed E-state index contributed by atoms with van der Waals surface area (Å²) in [6.07, 6.45) is 3.43. The summed E-state index contributed by atoms with van der Waals surface area (Å²) in [6, 6.07) is 16.3. The van der Waals surface area contributed by atoms with Crippen LogP contribution >= 0.6 is 0 Å². The van der Waals surface area contributed by atoms with Gasteiger partial charge in [-0.25, -0.2) is 4.79 Å². The van der Waals surface area contributed by atoms with Gasteiger partial charge >= 0.3 is 6.03 Å². The molecule has 0 aliphatic heterocycles. The van der Waals surface area contributed by atoms with Crippen LogP contribution in [0, 0.1) is 11.3 Å². The van der Waals surface area contributed by atoms with E-state index >= 15 is 0 Å². The minimum atomic E-state index is -0.230. The molecule has 4 rings (SSSR count). The van der Waals surface area contributed by atoms with Gasteiger partial charge in [0.1, 0.15) is 11.8 Å². The summed E-state index contributed by atoms with van der Waals surface area (Å²) in [5.41, 5.74) is 4.33. The molecule has 1 aliphatic carbocycles. The van der Waals surface area contributed by atoms with Crippen LogP contribution in [0.4, 0.5) is 10.5 Å². The highest BCUT2D eigenvalue weighted by Crippen LogP contribution is 2.43. The Morgan fingerprint density at radius 2 is 1.93 bits per heavy atom. The Hall–Kier alpha value is -3.46. The number of urea groups is 1. The minimum absolute atomic E-state index is 0.0673. The molecule has 2 amide bonds. The van der Waals surface area contributed by atoms with Gasteiger partial charge in [0, 0.05) is 23.2 Å². The fourth-order valence-corrected chi connectivity index (χ4v) is 3.98. The molecular weight excluding hydrogens is 376 g/mol. The predicted octanol–water partition coefficient (Wildman–Crippen LogP) is 5.44. The molecule has 0 atom stereocenters. The molecule has 0 unspecified atom stereocenters. The second kappa shape index (κ2) is 8.11. The third-order valence-corrected chi connectivity index (χ3v) is 5.60. The smallest absolute Gasteiger partial charge is 0.319 e. The van der Waals surface area contributed by atoms with E-state index < -0.39 is 0 Å². The number of anilines is 1. The average molecular weight is 402 g/mol. The van der Waals surface area contributed by atoms with Crippen molar-refractivity contribution in [1.29, 1.82) is 5.26 Å². The topological polar surface area (TPSA) is 79.1 Å². The normalized spacial score (nSPS) is 13.7. The van der Waals surface area contributed by atoms with Crippen LogP contribution in [0.1, 0.15) is 44.7 Å². The van der Waals surface area contributed by atoms with Crippen molar-refractivity contribution in [3.63, 3.8) is 0 Å². The third-order valence-electron chi connectivity index (χ3n) is 5.60. The molecule has 0 saturated heterocycles. The summed E-state index contributed by atoms with van der Waals surface area (Å²) in [7, 11) is 1.64. The zero-order chi connectivity index (χ0) is 21.3. The molecule has 3 aromatic rings. The Morgan fingerprint density at radius 1 is 1.20 bits per heavy atom. The van der Waals surface area contributed by atoms with Gasteiger partial charge in [0.15, 0.2) is 0 Å². The second-order valence-corrected chi connectivity index (χ2v) is 8.00. The molecule has 0 bridgehead atoms. The van der Waals surface area contributed by atoms with Crippen molar-refractivity contribution in [3.8, 4) is 23.1 Å². The van der Waals surface area contributed by atoms with Crippen LogP contribution in [0.3, 0.4) is 0 Å². The number of carbonyl (C=O) groups is 1. The van der Waals surface area contributed by atoms with E-state index in [4.69, 9.17) is 4.74 Å². The number of benzene rings is 2. The summed E-state index contributed by atoms with van der Waals surface area (Å²) in [5.74, 6) is 0.743. The van der Waals surface area contributed by atoms with Crippen LogP contribution in [-0.4, -0.2) is 23.7 Å². The lowest BCUT2D eigenvalue weighted by atomic mass is 9.92. The molecular formula is C24H26N4O2. The number of carbonyl (C=O) groups excluding carboxylic acids is 1. The van der Waals surface area contributed by atoms with Crippen LogP contribution < -0.4 is 15.4 Å². The Bertz CT molecular complexity index is 1120. The SMILES string of the molecule is COc1ccc2c(c1)c(C#N)c(-c1ccc(NC(=O)NC(C)C)cc1)n2C1CCC1. The molecule has 1 aliphatic rings. The lowest BCUT2D eigenvalue weighted by Gasteiger charge is -2.30. The minimum Gasteiger partial charge on any atom is -0.497 e. The standard InChI is InChI=1S/C24H26N4O2/c1-15(2)26-24(29)27-17-9-7-16(8-10-17)23-21(14-25)20-13-19(30-3)11-12-22(20)28(23)18-5-4-6-18/h7-13,15,18H,4-6H2,1-3H3,(H2,26,27,29). The average Bonchev–Trinajstić information content (AvgIpc) is 2.99. The van der Waals surface area contributed by atoms with Gasteiger partial charge in [-0.3, -0.25) is 0 Å². The van der Waals surface area contributed by atoms with Crippen LogP contribution in [0.2, 0.25) is 0 Å². The first-order valence-corrected chi connectivity index (χ1v) is 10.3. The van der Waals surface area contributed by atoms with Crippen molar-refractivity contribution in [2.45, 2.75) is 45.2 Å². The molecule has 0 radical (unpaired) electrons. The molecule has 2 N–H and O–H groups in total. The van der Waals surface area contributed by atoms with Gasteiger partial charge in [0.2, 0.25) is 0 Å². The van der Waals surface area contributed by atoms with Crippen molar-refractivity contribution >= 4 is 22.6 Å². The first kappa shape index (κ1) is 19.8. The molecule has 154 valence electrons. The first-order chi connectivity index (χ1) is 14.5. The van der Waals surface area contributed by atoms with Crippen LogP contribution in [0.5, 0.6) is 5.75 Å². The Kier molecular flexibility index (Phi) is 5.37. The number of amides is 2. The Balaban J connectivity index is 1.78. The van der Waals surface area contributed by atoms with E-state index in [1.807, 2.05) is 56.3 Å². The monoisotopic (exact) mass is 402 g/mol. The van der Waals surface area contributed by atoms with Gasteiger partial charge in [0.25, 0.3) is 0 Å². The molecule has 1 saturated carbocycles. The molecule has 1 aromatic heterocycles. The number of hydrogen-bond acceptors (Lipinski definition) is 3. The zero-order valence-corrected chi connectivity index (χ0v) is 17.5. The van der Waals surface area contributed by atoms with Gasteiger partial charge in [0.05, 0.1) is 23.9 Å². The lowest BCUT2D eigenvalue weighted by molar-refractivity contribution is 0.250. The maximum Gasteiger partial charge on any atom is 0.319 e. The van der Waals surface area contributed by atoms with Gasteiger partial charge in [-0.1, -0.05) is 12.1 Å². The van der Waals surface area contributed by atoms with Gasteiger partial charge in [-0.2, -0.15) is 5.26 Å². The van der Waals surface area contributed by atoms with Crippen LogP contribution in [0.25, 0.3) is 22.2 Å². The lowest BCUT2D eigenvalue weighted by Crippen LogP contribution is -2.34. The molecule has 1 fully saturated rings. The molecule has 2 aromatic carbocycles. The largest absolute Gasteiger partial charge is 0.497 e. The highest BCUT2D eigenvalue weighted by Gasteiger charge is 2.27.